The van der Waals surface area contributed by atoms with Crippen LogP contribution in [0.25, 0.3) is 0 Å². The summed E-state index contributed by atoms with van der Waals surface area (Å²) in [5.41, 5.74) is 0.946. The minimum Gasteiger partial charge on any atom is -0.249 e. The highest BCUT2D eigenvalue weighted by molar-refractivity contribution is 8.03. The third kappa shape index (κ3) is 4.29. The van der Waals surface area contributed by atoms with Gasteiger partial charge in [-0.05, 0) is 19.1 Å². The van der Waals surface area contributed by atoms with E-state index in [4.69, 9.17) is 11.6 Å². The number of halogens is 1. The van der Waals surface area contributed by atoms with E-state index in [-0.39, 0.29) is 16.5 Å². The first-order valence-corrected chi connectivity index (χ1v) is 8.92. The Morgan fingerprint density at radius 1 is 1.18 bits per heavy atom. The van der Waals surface area contributed by atoms with Crippen LogP contribution in [0.2, 0.25) is 0 Å². The van der Waals surface area contributed by atoms with Crippen LogP contribution in [0.1, 0.15) is 5.56 Å². The third-order valence-electron chi connectivity index (χ3n) is 2.03. The molecule has 0 spiro atoms. The summed E-state index contributed by atoms with van der Waals surface area (Å²) in [5.74, 6) is 0.169. The Kier molecular flexibility index (Phi) is 4.57. The molecule has 4 nitrogen and oxygen atoms in total. The van der Waals surface area contributed by atoms with Crippen molar-refractivity contribution < 1.29 is 12.6 Å². The van der Waals surface area contributed by atoms with E-state index in [1.165, 1.54) is 18.4 Å². The molecule has 96 valence electrons. The van der Waals surface area contributed by atoms with E-state index in [1.807, 2.05) is 6.92 Å². The van der Waals surface area contributed by atoms with Crippen LogP contribution in [0, 0.1) is 6.92 Å². The molecule has 0 aliphatic carbocycles. The Bertz CT molecular complexity index is 599. The van der Waals surface area contributed by atoms with Gasteiger partial charge in [-0.25, -0.2) is 4.21 Å². The van der Waals surface area contributed by atoms with Crippen molar-refractivity contribution in [2.45, 2.75) is 11.8 Å². The largest absolute Gasteiger partial charge is 0.290 e. The maximum absolute atomic E-state index is 11.8. The van der Waals surface area contributed by atoms with E-state index in [1.54, 1.807) is 12.1 Å². The fraction of sp³-hybridized carbons (Fsp3) is 0.400. The summed E-state index contributed by atoms with van der Waals surface area (Å²) in [4.78, 5) is 0.0484. The van der Waals surface area contributed by atoms with Crippen LogP contribution < -0.4 is 0 Å². The van der Waals surface area contributed by atoms with E-state index in [0.29, 0.717) is 0 Å². The number of sulfonamides is 1. The summed E-state index contributed by atoms with van der Waals surface area (Å²) in [5, 5.41) is 0. The van der Waals surface area contributed by atoms with Gasteiger partial charge >= 0.3 is 0 Å². The molecule has 0 heterocycles. The number of benzene rings is 1. The second kappa shape index (κ2) is 5.37. The average Bonchev–Trinajstić information content (AvgIpc) is 2.16. The Morgan fingerprint density at radius 3 is 2.18 bits per heavy atom. The molecule has 0 aromatic heterocycles. The summed E-state index contributed by atoms with van der Waals surface area (Å²) in [6.07, 6.45) is 1.29. The first-order valence-electron chi connectivity index (χ1n) is 4.85. The molecule has 0 N–H and O–H groups in total. The lowest BCUT2D eigenvalue weighted by molar-refractivity contribution is 0.598. The molecule has 0 radical (unpaired) electrons. The molecule has 1 aromatic carbocycles. The van der Waals surface area contributed by atoms with Crippen LogP contribution in [0.3, 0.4) is 0 Å². The lowest BCUT2D eigenvalue weighted by atomic mass is 10.2. The molecular weight excluding hydrogens is 282 g/mol. The van der Waals surface area contributed by atoms with E-state index in [2.05, 4.69) is 3.77 Å². The molecule has 1 rings (SSSR count). The molecule has 0 bridgehead atoms. The van der Waals surface area contributed by atoms with Crippen LogP contribution in [0.4, 0.5) is 0 Å². The molecule has 0 amide bonds. The number of nitrogens with zero attached hydrogens (tertiary/aromatic N) is 1. The minimum absolute atomic E-state index is 0.0484. The highest BCUT2D eigenvalue weighted by Gasteiger charge is 2.15. The van der Waals surface area contributed by atoms with Gasteiger partial charge in [0.25, 0.3) is 10.0 Å². The quantitative estimate of drug-likeness (QED) is 0.798. The standard InChI is InChI=1S/C10H14ClNO3S2/c1-9-3-5-10(6-4-9)17(14,15)12-16(2,13)8-7-11/h3-6H,7-8H2,1-2H3/t16-/m1/s1. The van der Waals surface area contributed by atoms with Crippen molar-refractivity contribution in [3.63, 3.8) is 0 Å². The van der Waals surface area contributed by atoms with Crippen LogP contribution >= 0.6 is 11.6 Å². The Hall–Kier alpha value is -0.590. The second-order valence-electron chi connectivity index (χ2n) is 3.72. The first kappa shape index (κ1) is 14.5. The molecule has 1 atom stereocenters. The van der Waals surface area contributed by atoms with Gasteiger partial charge in [-0.3, -0.25) is 0 Å². The number of aryl methyl sites for hydroxylation is 1. The van der Waals surface area contributed by atoms with Gasteiger partial charge in [0.15, 0.2) is 0 Å². The first-order chi connectivity index (χ1) is 7.77. The van der Waals surface area contributed by atoms with E-state index >= 15 is 0 Å². The van der Waals surface area contributed by atoms with E-state index in [0.717, 1.165) is 5.56 Å². The molecule has 17 heavy (non-hydrogen) atoms. The molecule has 0 saturated heterocycles. The van der Waals surface area contributed by atoms with Crippen LogP contribution in [-0.2, 0) is 19.8 Å². The maximum Gasteiger partial charge on any atom is 0.290 e. The van der Waals surface area contributed by atoms with Gasteiger partial charge in [0.2, 0.25) is 0 Å². The summed E-state index contributed by atoms with van der Waals surface area (Å²) in [6, 6.07) is 6.23. The summed E-state index contributed by atoms with van der Waals surface area (Å²) in [7, 11) is -6.66. The molecular formula is C10H14ClNO3S2. The predicted molar refractivity (Wildman–Crippen MR) is 70.4 cm³/mol. The SMILES string of the molecule is Cc1ccc(S(=O)(=O)N=[S@](C)(=O)CCCl)cc1. The van der Waals surface area contributed by atoms with Gasteiger partial charge in [0.05, 0.1) is 14.6 Å². The van der Waals surface area contributed by atoms with Crippen molar-refractivity contribution in [1.29, 1.82) is 0 Å². The van der Waals surface area contributed by atoms with Crippen molar-refractivity contribution in [2.24, 2.45) is 3.77 Å². The van der Waals surface area contributed by atoms with Gasteiger partial charge < -0.3 is 0 Å². The topological polar surface area (TPSA) is 63.6 Å². The second-order valence-corrected chi connectivity index (χ2v) is 8.44. The minimum atomic E-state index is -3.87. The molecule has 0 aliphatic rings. The molecule has 7 heteroatoms. The lowest BCUT2D eigenvalue weighted by Crippen LogP contribution is -2.08. The normalized spacial score (nSPS) is 15.2. The maximum atomic E-state index is 11.8. The smallest absolute Gasteiger partial charge is 0.249 e. The Balaban J connectivity index is 3.22. The molecule has 0 saturated carbocycles. The summed E-state index contributed by atoms with van der Waals surface area (Å²) >= 11 is 5.45. The monoisotopic (exact) mass is 295 g/mol. The molecule has 0 fully saturated rings. The van der Waals surface area contributed by atoms with Gasteiger partial charge in [0, 0.05) is 17.9 Å². The fourth-order valence-corrected chi connectivity index (χ4v) is 5.07. The number of alkyl halides is 1. The highest BCUT2D eigenvalue weighted by atomic mass is 35.5. The zero-order chi connectivity index (χ0) is 13.1. The van der Waals surface area contributed by atoms with Crippen molar-refractivity contribution in [1.82, 2.24) is 0 Å². The Morgan fingerprint density at radius 2 is 1.71 bits per heavy atom. The molecule has 0 unspecified atom stereocenters. The third-order valence-corrected chi connectivity index (χ3v) is 6.32. The van der Waals surface area contributed by atoms with Crippen molar-refractivity contribution >= 4 is 31.4 Å². The zero-order valence-corrected chi connectivity index (χ0v) is 12.0. The fourth-order valence-electron chi connectivity index (χ4n) is 1.14. The predicted octanol–water partition coefficient (Wildman–Crippen LogP) is 2.02. The van der Waals surface area contributed by atoms with Gasteiger partial charge in [-0.15, -0.1) is 15.4 Å². The number of hydrogen-bond acceptors (Lipinski definition) is 3. The summed E-state index contributed by atoms with van der Waals surface area (Å²) in [6.45, 7) is 1.85. The van der Waals surface area contributed by atoms with Crippen molar-refractivity contribution in [2.75, 3.05) is 17.9 Å². The molecule has 1 aromatic rings. The highest BCUT2D eigenvalue weighted by Crippen LogP contribution is 2.15. The van der Waals surface area contributed by atoms with Crippen molar-refractivity contribution in [3.8, 4) is 0 Å². The van der Waals surface area contributed by atoms with Gasteiger partial charge in [0.1, 0.15) is 0 Å². The average molecular weight is 296 g/mol. The van der Waals surface area contributed by atoms with E-state index < -0.39 is 19.8 Å². The Labute approximate surface area is 107 Å². The van der Waals surface area contributed by atoms with E-state index in [9.17, 15) is 12.6 Å². The zero-order valence-electron chi connectivity index (χ0n) is 9.59. The number of rotatable bonds is 4. The van der Waals surface area contributed by atoms with Gasteiger partial charge in [-0.1, -0.05) is 17.7 Å². The molecule has 0 aliphatic heterocycles. The lowest BCUT2D eigenvalue weighted by Gasteiger charge is -2.03. The van der Waals surface area contributed by atoms with Crippen LogP contribution in [0.15, 0.2) is 32.9 Å². The number of hydrogen-bond donors (Lipinski definition) is 0. The van der Waals surface area contributed by atoms with Gasteiger partial charge in [-0.2, -0.15) is 8.42 Å². The summed E-state index contributed by atoms with van der Waals surface area (Å²) < 4.78 is 38.9. The van der Waals surface area contributed by atoms with Crippen molar-refractivity contribution in [3.05, 3.63) is 29.8 Å². The van der Waals surface area contributed by atoms with Crippen LogP contribution in [-0.4, -0.2) is 30.5 Å². The van der Waals surface area contributed by atoms with Crippen LogP contribution in [0.5, 0.6) is 0 Å².